The number of piperidine rings is 1. The second kappa shape index (κ2) is 5.47. The fourth-order valence-electron chi connectivity index (χ4n) is 2.43. The van der Waals surface area contributed by atoms with Crippen molar-refractivity contribution in [2.45, 2.75) is 25.9 Å². The maximum absolute atomic E-state index is 13.0. The van der Waals surface area contributed by atoms with Gasteiger partial charge in [0.25, 0.3) is 0 Å². The van der Waals surface area contributed by atoms with Crippen molar-refractivity contribution in [3.63, 3.8) is 0 Å². The minimum absolute atomic E-state index is 0.268. The van der Waals surface area contributed by atoms with Crippen molar-refractivity contribution < 1.29 is 4.39 Å². The largest absolute Gasteiger partial charge is 0.327 e. The molecule has 0 saturated carbocycles. The number of hydrogen-bond acceptors (Lipinski definition) is 3. The van der Waals surface area contributed by atoms with E-state index in [2.05, 4.69) is 17.9 Å². The lowest BCUT2D eigenvalue weighted by molar-refractivity contribution is 0.157. The van der Waals surface area contributed by atoms with Crippen LogP contribution >= 0.6 is 0 Å². The quantitative estimate of drug-likeness (QED) is 0.868. The molecule has 3 nitrogen and oxygen atoms in total. The van der Waals surface area contributed by atoms with E-state index in [1.807, 2.05) is 0 Å². The molecule has 1 aliphatic heterocycles. The Morgan fingerprint density at radius 1 is 1.56 bits per heavy atom. The summed E-state index contributed by atoms with van der Waals surface area (Å²) in [6.45, 7) is 4.71. The molecular weight excluding hydrogens is 229 g/mol. The molecule has 0 bridgehead atoms. The van der Waals surface area contributed by atoms with E-state index >= 15 is 0 Å². The summed E-state index contributed by atoms with van der Waals surface area (Å²) in [7, 11) is 0. The van der Waals surface area contributed by atoms with Crippen LogP contribution in [-0.2, 0) is 6.54 Å². The van der Waals surface area contributed by atoms with E-state index in [4.69, 9.17) is 11.0 Å². The molecule has 0 aliphatic carbocycles. The second-order valence-electron chi connectivity index (χ2n) is 5.08. The molecule has 0 radical (unpaired) electrons. The lowest BCUT2D eigenvalue weighted by atomic mass is 9.94. The first-order chi connectivity index (χ1) is 8.60. The Morgan fingerprint density at radius 3 is 3.00 bits per heavy atom. The molecule has 2 atom stereocenters. The Morgan fingerprint density at radius 2 is 2.33 bits per heavy atom. The zero-order chi connectivity index (χ0) is 13.1. The average Bonchev–Trinajstić information content (AvgIpc) is 2.36. The number of nitrogens with zero attached hydrogens (tertiary/aromatic N) is 2. The topological polar surface area (TPSA) is 53.0 Å². The number of likely N-dealkylation sites (tertiary alicyclic amines) is 1. The molecule has 96 valence electrons. The average molecular weight is 247 g/mol. The number of halogens is 1. The van der Waals surface area contributed by atoms with Crippen molar-refractivity contribution in [2.24, 2.45) is 11.7 Å². The summed E-state index contributed by atoms with van der Waals surface area (Å²) in [6.07, 6.45) is 0.976. The van der Waals surface area contributed by atoms with E-state index < -0.39 is 0 Å². The molecule has 2 N–H and O–H groups in total. The molecule has 2 unspecified atom stereocenters. The predicted octanol–water partition coefficient (Wildman–Crippen LogP) is 1.87. The van der Waals surface area contributed by atoms with Gasteiger partial charge in [-0.15, -0.1) is 0 Å². The van der Waals surface area contributed by atoms with Gasteiger partial charge in [0.15, 0.2) is 0 Å². The molecular formula is C14H18FN3. The van der Waals surface area contributed by atoms with Gasteiger partial charge in [-0.25, -0.2) is 4.39 Å². The summed E-state index contributed by atoms with van der Waals surface area (Å²) in [5, 5.41) is 9.01. The van der Waals surface area contributed by atoms with Gasteiger partial charge in [-0.2, -0.15) is 5.26 Å². The fraction of sp³-hybridized carbons (Fsp3) is 0.500. The third-order valence-electron chi connectivity index (χ3n) is 3.64. The zero-order valence-corrected chi connectivity index (χ0v) is 10.6. The van der Waals surface area contributed by atoms with Crippen LogP contribution in [-0.4, -0.2) is 24.0 Å². The number of nitriles is 1. The van der Waals surface area contributed by atoms with Gasteiger partial charge < -0.3 is 5.73 Å². The van der Waals surface area contributed by atoms with Crippen LogP contribution in [0.15, 0.2) is 18.2 Å². The van der Waals surface area contributed by atoms with Crippen LogP contribution in [0.3, 0.4) is 0 Å². The van der Waals surface area contributed by atoms with E-state index in [0.29, 0.717) is 18.0 Å². The van der Waals surface area contributed by atoms with Crippen LogP contribution in [0.25, 0.3) is 0 Å². The highest BCUT2D eigenvalue weighted by atomic mass is 19.1. The monoisotopic (exact) mass is 247 g/mol. The maximum atomic E-state index is 13.0. The van der Waals surface area contributed by atoms with E-state index in [1.165, 1.54) is 12.1 Å². The molecule has 1 aromatic carbocycles. The SMILES string of the molecule is CC1CN(Cc2ccc(F)cc2C#N)CCC1N. The summed E-state index contributed by atoms with van der Waals surface area (Å²) in [5.41, 5.74) is 7.30. The maximum Gasteiger partial charge on any atom is 0.124 e. The van der Waals surface area contributed by atoms with Crippen LogP contribution in [0.5, 0.6) is 0 Å². The Bertz CT molecular complexity index is 467. The molecule has 1 aliphatic rings. The zero-order valence-electron chi connectivity index (χ0n) is 10.6. The van der Waals surface area contributed by atoms with E-state index in [0.717, 1.165) is 25.1 Å². The van der Waals surface area contributed by atoms with E-state index in [9.17, 15) is 4.39 Å². The standard InChI is InChI=1S/C14H18FN3/c1-10-8-18(5-4-14(10)17)9-11-2-3-13(15)6-12(11)7-16/h2-3,6,10,14H,4-5,8-9,17H2,1H3. The van der Waals surface area contributed by atoms with Gasteiger partial charge in [-0.05, 0) is 36.6 Å². The summed E-state index contributed by atoms with van der Waals surface area (Å²) < 4.78 is 13.0. The third kappa shape index (κ3) is 2.87. The predicted molar refractivity (Wildman–Crippen MR) is 68.1 cm³/mol. The molecule has 1 aromatic rings. The summed E-state index contributed by atoms with van der Waals surface area (Å²) in [5.74, 6) is 0.106. The van der Waals surface area contributed by atoms with Gasteiger partial charge in [0.05, 0.1) is 11.6 Å². The van der Waals surface area contributed by atoms with Crippen LogP contribution in [0.2, 0.25) is 0 Å². The molecule has 0 amide bonds. The Balaban J connectivity index is 2.08. The van der Waals surface area contributed by atoms with Crippen LogP contribution < -0.4 is 5.73 Å². The number of hydrogen-bond donors (Lipinski definition) is 1. The van der Waals surface area contributed by atoms with Crippen molar-refractivity contribution in [1.29, 1.82) is 5.26 Å². The minimum Gasteiger partial charge on any atom is -0.327 e. The third-order valence-corrected chi connectivity index (χ3v) is 3.64. The highest BCUT2D eigenvalue weighted by Crippen LogP contribution is 2.19. The second-order valence-corrected chi connectivity index (χ2v) is 5.08. The molecule has 1 heterocycles. The smallest absolute Gasteiger partial charge is 0.124 e. The van der Waals surface area contributed by atoms with E-state index in [1.54, 1.807) is 6.07 Å². The Labute approximate surface area is 107 Å². The van der Waals surface area contributed by atoms with Crippen molar-refractivity contribution in [3.8, 4) is 6.07 Å². The molecule has 4 heteroatoms. The van der Waals surface area contributed by atoms with Crippen LogP contribution in [0, 0.1) is 23.1 Å². The van der Waals surface area contributed by atoms with Gasteiger partial charge in [-0.3, -0.25) is 4.90 Å². The molecule has 2 rings (SSSR count). The van der Waals surface area contributed by atoms with Crippen molar-refractivity contribution in [1.82, 2.24) is 4.90 Å². The summed E-state index contributed by atoms with van der Waals surface area (Å²) >= 11 is 0. The normalized spacial score (nSPS) is 24.8. The highest BCUT2D eigenvalue weighted by molar-refractivity contribution is 5.37. The highest BCUT2D eigenvalue weighted by Gasteiger charge is 2.23. The first kappa shape index (κ1) is 13.0. The first-order valence-electron chi connectivity index (χ1n) is 6.26. The number of benzene rings is 1. The van der Waals surface area contributed by atoms with Gasteiger partial charge >= 0.3 is 0 Å². The van der Waals surface area contributed by atoms with Gasteiger partial charge in [0.2, 0.25) is 0 Å². The molecule has 1 fully saturated rings. The van der Waals surface area contributed by atoms with Gasteiger partial charge in [0.1, 0.15) is 5.82 Å². The molecule has 1 saturated heterocycles. The summed E-state index contributed by atoms with van der Waals surface area (Å²) in [6, 6.07) is 6.74. The fourth-order valence-corrected chi connectivity index (χ4v) is 2.43. The first-order valence-corrected chi connectivity index (χ1v) is 6.26. The molecule has 18 heavy (non-hydrogen) atoms. The van der Waals surface area contributed by atoms with Crippen LogP contribution in [0.1, 0.15) is 24.5 Å². The van der Waals surface area contributed by atoms with Crippen molar-refractivity contribution in [3.05, 3.63) is 35.1 Å². The number of nitrogens with two attached hydrogens (primary N) is 1. The van der Waals surface area contributed by atoms with Gasteiger partial charge in [0, 0.05) is 19.1 Å². The lowest BCUT2D eigenvalue weighted by Crippen LogP contribution is -2.45. The van der Waals surface area contributed by atoms with E-state index in [-0.39, 0.29) is 11.9 Å². The molecule has 0 aromatic heterocycles. The number of rotatable bonds is 2. The molecule has 0 spiro atoms. The van der Waals surface area contributed by atoms with Crippen molar-refractivity contribution >= 4 is 0 Å². The van der Waals surface area contributed by atoms with Crippen molar-refractivity contribution in [2.75, 3.05) is 13.1 Å². The summed E-state index contributed by atoms with van der Waals surface area (Å²) in [4.78, 5) is 2.28. The Hall–Kier alpha value is -1.44. The van der Waals surface area contributed by atoms with Gasteiger partial charge in [-0.1, -0.05) is 13.0 Å². The Kier molecular flexibility index (Phi) is 3.95. The minimum atomic E-state index is -0.357. The lowest BCUT2D eigenvalue weighted by Gasteiger charge is -2.35. The van der Waals surface area contributed by atoms with Crippen LogP contribution in [0.4, 0.5) is 4.39 Å².